The Kier molecular flexibility index (Phi) is 6.08. The molecule has 1 rings (SSSR count). The predicted octanol–water partition coefficient (Wildman–Crippen LogP) is 2.08. The second kappa shape index (κ2) is 7.39. The van der Waals surface area contributed by atoms with E-state index in [1.807, 2.05) is 4.57 Å². The third kappa shape index (κ3) is 4.75. The van der Waals surface area contributed by atoms with Gasteiger partial charge in [0, 0.05) is 12.6 Å². The van der Waals surface area contributed by atoms with Gasteiger partial charge in [-0.2, -0.15) is 0 Å². The highest BCUT2D eigenvalue weighted by Crippen LogP contribution is 2.06. The number of nitrogens with one attached hydrogen (secondary N) is 1. The van der Waals surface area contributed by atoms with Gasteiger partial charge in [0.2, 0.25) is 0 Å². The molecule has 4 heteroatoms. The van der Waals surface area contributed by atoms with Crippen LogP contribution in [-0.2, 0) is 6.54 Å². The van der Waals surface area contributed by atoms with Crippen LogP contribution in [0.25, 0.3) is 0 Å². The highest BCUT2D eigenvalue weighted by Gasteiger charge is 2.07. The zero-order valence-corrected chi connectivity index (χ0v) is 10.7. The van der Waals surface area contributed by atoms with Crippen molar-refractivity contribution in [2.45, 2.75) is 52.6 Å². The Labute approximate surface area is 98.5 Å². The lowest BCUT2D eigenvalue weighted by Gasteiger charge is -2.19. The molecule has 0 spiro atoms. The lowest BCUT2D eigenvalue weighted by Crippen LogP contribution is -2.32. The number of unbranched alkanes of at least 4 members (excludes halogenated alkanes) is 1. The van der Waals surface area contributed by atoms with Gasteiger partial charge in [0.1, 0.15) is 12.7 Å². The summed E-state index contributed by atoms with van der Waals surface area (Å²) >= 11 is 0. The summed E-state index contributed by atoms with van der Waals surface area (Å²) in [5.41, 5.74) is 0. The van der Waals surface area contributed by atoms with Gasteiger partial charge in [-0.05, 0) is 32.2 Å². The van der Waals surface area contributed by atoms with Crippen LogP contribution in [0.15, 0.2) is 12.7 Å². The smallest absolute Gasteiger partial charge is 0.119 e. The second-order valence-electron chi connectivity index (χ2n) is 4.54. The standard InChI is InChI=1S/C12H24N4/c1-4-11(2)12(3)13-7-5-6-8-16-9-14-15-10-16/h9-13H,4-8H2,1-3H3. The lowest BCUT2D eigenvalue weighted by atomic mass is 10.0. The molecule has 0 radical (unpaired) electrons. The quantitative estimate of drug-likeness (QED) is 0.687. The highest BCUT2D eigenvalue weighted by molar-refractivity contribution is 4.67. The van der Waals surface area contributed by atoms with Crippen LogP contribution in [0.2, 0.25) is 0 Å². The molecule has 4 nitrogen and oxygen atoms in total. The molecule has 1 aromatic rings. The summed E-state index contributed by atoms with van der Waals surface area (Å²) in [4.78, 5) is 0. The van der Waals surface area contributed by atoms with Gasteiger partial charge in [-0.25, -0.2) is 0 Å². The van der Waals surface area contributed by atoms with E-state index in [1.54, 1.807) is 12.7 Å². The maximum Gasteiger partial charge on any atom is 0.119 e. The first-order valence-corrected chi connectivity index (χ1v) is 6.29. The summed E-state index contributed by atoms with van der Waals surface area (Å²) in [6.07, 6.45) is 7.18. The van der Waals surface area contributed by atoms with E-state index >= 15 is 0 Å². The Bertz CT molecular complexity index is 258. The molecule has 92 valence electrons. The Morgan fingerprint density at radius 1 is 1.19 bits per heavy atom. The molecule has 0 aliphatic carbocycles. The van der Waals surface area contributed by atoms with Gasteiger partial charge < -0.3 is 9.88 Å². The predicted molar refractivity (Wildman–Crippen MR) is 66.2 cm³/mol. The first-order valence-electron chi connectivity index (χ1n) is 6.29. The molecule has 1 N–H and O–H groups in total. The van der Waals surface area contributed by atoms with Crippen molar-refractivity contribution >= 4 is 0 Å². The minimum atomic E-state index is 0.625. The van der Waals surface area contributed by atoms with E-state index in [9.17, 15) is 0 Å². The minimum Gasteiger partial charge on any atom is -0.320 e. The third-order valence-corrected chi connectivity index (χ3v) is 3.27. The van der Waals surface area contributed by atoms with E-state index in [0.717, 1.165) is 19.0 Å². The molecular weight excluding hydrogens is 200 g/mol. The normalized spacial score (nSPS) is 14.9. The zero-order chi connectivity index (χ0) is 11.8. The maximum atomic E-state index is 3.78. The van der Waals surface area contributed by atoms with Gasteiger partial charge in [-0.1, -0.05) is 20.3 Å². The Morgan fingerprint density at radius 2 is 1.88 bits per heavy atom. The molecule has 2 atom stereocenters. The Morgan fingerprint density at radius 3 is 2.50 bits per heavy atom. The van der Waals surface area contributed by atoms with Crippen LogP contribution in [0.3, 0.4) is 0 Å². The number of aryl methyl sites for hydroxylation is 1. The number of hydrogen-bond donors (Lipinski definition) is 1. The molecule has 0 aromatic carbocycles. The van der Waals surface area contributed by atoms with Gasteiger partial charge in [-0.15, -0.1) is 10.2 Å². The first kappa shape index (κ1) is 13.2. The topological polar surface area (TPSA) is 42.7 Å². The van der Waals surface area contributed by atoms with E-state index in [1.165, 1.54) is 19.3 Å². The van der Waals surface area contributed by atoms with Crippen LogP contribution in [0, 0.1) is 5.92 Å². The van der Waals surface area contributed by atoms with Gasteiger partial charge in [0.05, 0.1) is 0 Å². The van der Waals surface area contributed by atoms with Crippen molar-refractivity contribution in [1.82, 2.24) is 20.1 Å². The van der Waals surface area contributed by atoms with Gasteiger partial charge in [-0.3, -0.25) is 0 Å². The summed E-state index contributed by atoms with van der Waals surface area (Å²) in [6.45, 7) is 8.94. The number of nitrogens with zero attached hydrogens (tertiary/aromatic N) is 3. The molecule has 0 aliphatic rings. The summed E-state index contributed by atoms with van der Waals surface area (Å²) in [5.74, 6) is 0.762. The van der Waals surface area contributed by atoms with Crippen molar-refractivity contribution in [2.24, 2.45) is 5.92 Å². The number of aromatic nitrogens is 3. The van der Waals surface area contributed by atoms with Crippen LogP contribution in [0.1, 0.15) is 40.0 Å². The van der Waals surface area contributed by atoms with E-state index in [2.05, 4.69) is 36.3 Å². The van der Waals surface area contributed by atoms with Crippen LogP contribution < -0.4 is 5.32 Å². The van der Waals surface area contributed by atoms with Crippen molar-refractivity contribution in [3.05, 3.63) is 12.7 Å². The molecular formula is C12H24N4. The maximum absolute atomic E-state index is 3.78. The zero-order valence-electron chi connectivity index (χ0n) is 10.7. The first-order chi connectivity index (χ1) is 7.74. The lowest BCUT2D eigenvalue weighted by molar-refractivity contribution is 0.385. The fraction of sp³-hybridized carbons (Fsp3) is 0.833. The van der Waals surface area contributed by atoms with Crippen molar-refractivity contribution in [1.29, 1.82) is 0 Å². The molecule has 0 saturated carbocycles. The van der Waals surface area contributed by atoms with E-state index in [0.29, 0.717) is 6.04 Å². The molecule has 0 bridgehead atoms. The van der Waals surface area contributed by atoms with E-state index in [-0.39, 0.29) is 0 Å². The molecule has 0 fully saturated rings. The van der Waals surface area contributed by atoms with Crippen LogP contribution in [-0.4, -0.2) is 27.4 Å². The molecule has 0 aliphatic heterocycles. The fourth-order valence-electron chi connectivity index (χ4n) is 1.64. The van der Waals surface area contributed by atoms with Crippen molar-refractivity contribution < 1.29 is 0 Å². The Hall–Kier alpha value is -0.900. The molecule has 0 amide bonds. The summed E-state index contributed by atoms with van der Waals surface area (Å²) < 4.78 is 2.03. The molecule has 0 saturated heterocycles. The van der Waals surface area contributed by atoms with Gasteiger partial charge in [0.25, 0.3) is 0 Å². The van der Waals surface area contributed by atoms with E-state index < -0.39 is 0 Å². The number of hydrogen-bond acceptors (Lipinski definition) is 3. The molecule has 16 heavy (non-hydrogen) atoms. The Balaban J connectivity index is 1.99. The minimum absolute atomic E-state index is 0.625. The van der Waals surface area contributed by atoms with Gasteiger partial charge in [0.15, 0.2) is 0 Å². The van der Waals surface area contributed by atoms with Crippen molar-refractivity contribution in [3.8, 4) is 0 Å². The largest absolute Gasteiger partial charge is 0.320 e. The second-order valence-corrected chi connectivity index (χ2v) is 4.54. The number of rotatable bonds is 8. The van der Waals surface area contributed by atoms with Crippen molar-refractivity contribution in [2.75, 3.05) is 6.54 Å². The summed E-state index contributed by atoms with van der Waals surface area (Å²) in [5, 5.41) is 11.1. The molecule has 1 heterocycles. The summed E-state index contributed by atoms with van der Waals surface area (Å²) in [6, 6.07) is 0.625. The van der Waals surface area contributed by atoms with Crippen LogP contribution in [0.5, 0.6) is 0 Å². The fourth-order valence-corrected chi connectivity index (χ4v) is 1.64. The average molecular weight is 224 g/mol. The molecule has 2 unspecified atom stereocenters. The monoisotopic (exact) mass is 224 g/mol. The van der Waals surface area contributed by atoms with Crippen LogP contribution >= 0.6 is 0 Å². The average Bonchev–Trinajstić information content (AvgIpc) is 2.80. The van der Waals surface area contributed by atoms with Crippen molar-refractivity contribution in [3.63, 3.8) is 0 Å². The SMILES string of the molecule is CCC(C)C(C)NCCCCn1cnnc1. The van der Waals surface area contributed by atoms with Crippen LogP contribution in [0.4, 0.5) is 0 Å². The molecule has 1 aromatic heterocycles. The summed E-state index contributed by atoms with van der Waals surface area (Å²) in [7, 11) is 0. The highest BCUT2D eigenvalue weighted by atomic mass is 15.2. The van der Waals surface area contributed by atoms with E-state index in [4.69, 9.17) is 0 Å². The van der Waals surface area contributed by atoms with Gasteiger partial charge >= 0.3 is 0 Å². The third-order valence-electron chi connectivity index (χ3n) is 3.27.